The standard InChI is InChI=1S/C19H17BrN6O3S/c20-11-7-12(9-22-8-11)23-16(27)17-25(5-6-30-17)19(29)24-14-10-26(18(21)28)15-4-2-1-3-13(14)15/h1-4,7-10,17H,5-6H2,(H2,21,28)(H,23,27)(H,24,29)/t17-/m0/s1. The molecule has 1 aliphatic heterocycles. The van der Waals surface area contributed by atoms with E-state index >= 15 is 0 Å². The van der Waals surface area contributed by atoms with Crippen LogP contribution in [-0.4, -0.2) is 50.1 Å². The first-order valence-electron chi connectivity index (χ1n) is 8.94. The number of pyridine rings is 1. The van der Waals surface area contributed by atoms with Crippen molar-refractivity contribution in [1.29, 1.82) is 0 Å². The molecular weight excluding hydrogens is 472 g/mol. The Hall–Kier alpha value is -3.05. The highest BCUT2D eigenvalue weighted by atomic mass is 79.9. The lowest BCUT2D eigenvalue weighted by Crippen LogP contribution is -2.44. The van der Waals surface area contributed by atoms with Crippen LogP contribution >= 0.6 is 27.7 Å². The van der Waals surface area contributed by atoms with Gasteiger partial charge in [-0.1, -0.05) is 18.2 Å². The van der Waals surface area contributed by atoms with Gasteiger partial charge in [0.15, 0.2) is 5.37 Å². The predicted octanol–water partition coefficient (Wildman–Crippen LogP) is 3.27. The van der Waals surface area contributed by atoms with Crippen LogP contribution in [-0.2, 0) is 4.79 Å². The fourth-order valence-corrected chi connectivity index (χ4v) is 4.71. The minimum Gasteiger partial charge on any atom is -0.351 e. The number of fused-ring (bicyclic) bond motifs is 1. The first kappa shape index (κ1) is 20.2. The van der Waals surface area contributed by atoms with Crippen molar-refractivity contribution in [3.8, 4) is 0 Å². The van der Waals surface area contributed by atoms with Crippen LogP contribution in [0.4, 0.5) is 21.0 Å². The van der Waals surface area contributed by atoms with E-state index in [-0.39, 0.29) is 5.91 Å². The van der Waals surface area contributed by atoms with Gasteiger partial charge in [0.1, 0.15) is 0 Å². The minimum atomic E-state index is -0.687. The summed E-state index contributed by atoms with van der Waals surface area (Å²) in [6.07, 6.45) is 4.63. The predicted molar refractivity (Wildman–Crippen MR) is 119 cm³/mol. The molecule has 4 N–H and O–H groups in total. The van der Waals surface area contributed by atoms with E-state index in [1.807, 2.05) is 0 Å². The number of nitrogens with zero attached hydrogens (tertiary/aromatic N) is 3. The van der Waals surface area contributed by atoms with Gasteiger partial charge in [0, 0.05) is 34.6 Å². The Bertz CT molecular complexity index is 1150. The van der Waals surface area contributed by atoms with Crippen molar-refractivity contribution >= 4 is 67.9 Å². The molecule has 11 heteroatoms. The van der Waals surface area contributed by atoms with E-state index in [9.17, 15) is 14.4 Å². The molecule has 1 aromatic carbocycles. The molecule has 0 spiro atoms. The van der Waals surface area contributed by atoms with Crippen LogP contribution in [0.2, 0.25) is 0 Å². The number of carbonyl (C=O) groups excluding carboxylic acids is 3. The quantitative estimate of drug-likeness (QED) is 0.521. The number of aromatic nitrogens is 2. The molecule has 2 aromatic heterocycles. The van der Waals surface area contributed by atoms with Gasteiger partial charge in [0.05, 0.1) is 23.1 Å². The molecule has 3 aromatic rings. The summed E-state index contributed by atoms with van der Waals surface area (Å²) < 4.78 is 2.01. The summed E-state index contributed by atoms with van der Waals surface area (Å²) in [7, 11) is 0. The average Bonchev–Trinajstić information content (AvgIpc) is 3.34. The maximum absolute atomic E-state index is 12.9. The number of amides is 4. The van der Waals surface area contributed by atoms with Crippen LogP contribution in [0.3, 0.4) is 0 Å². The number of urea groups is 1. The molecule has 0 radical (unpaired) electrons. The zero-order chi connectivity index (χ0) is 21.3. The third-order valence-corrected chi connectivity index (χ3v) is 6.18. The van der Waals surface area contributed by atoms with Gasteiger partial charge >= 0.3 is 12.1 Å². The third kappa shape index (κ3) is 3.98. The van der Waals surface area contributed by atoms with Crippen molar-refractivity contribution in [3.63, 3.8) is 0 Å². The lowest BCUT2D eigenvalue weighted by atomic mass is 10.2. The zero-order valence-electron chi connectivity index (χ0n) is 15.5. The Morgan fingerprint density at radius 2 is 2.00 bits per heavy atom. The number of hydrogen-bond donors (Lipinski definition) is 3. The number of anilines is 2. The van der Waals surface area contributed by atoms with Crippen LogP contribution in [0.15, 0.2) is 53.4 Å². The number of nitrogens with one attached hydrogen (secondary N) is 2. The lowest BCUT2D eigenvalue weighted by Gasteiger charge is -2.23. The van der Waals surface area contributed by atoms with Crippen molar-refractivity contribution in [3.05, 3.63) is 53.4 Å². The van der Waals surface area contributed by atoms with Gasteiger partial charge in [-0.2, -0.15) is 0 Å². The Balaban J connectivity index is 1.52. The molecule has 0 bridgehead atoms. The van der Waals surface area contributed by atoms with E-state index < -0.39 is 17.4 Å². The second-order valence-electron chi connectivity index (χ2n) is 6.50. The number of halogens is 1. The molecule has 3 heterocycles. The molecule has 1 fully saturated rings. The van der Waals surface area contributed by atoms with Crippen molar-refractivity contribution < 1.29 is 14.4 Å². The van der Waals surface area contributed by atoms with E-state index in [1.165, 1.54) is 33.6 Å². The highest BCUT2D eigenvalue weighted by Gasteiger charge is 2.35. The number of rotatable bonds is 3. The Morgan fingerprint density at radius 3 is 2.77 bits per heavy atom. The van der Waals surface area contributed by atoms with Gasteiger partial charge in [0.2, 0.25) is 0 Å². The number of thioether (sulfide) groups is 1. The molecule has 4 rings (SSSR count). The largest absolute Gasteiger partial charge is 0.351 e. The van der Waals surface area contributed by atoms with E-state index in [1.54, 1.807) is 36.5 Å². The minimum absolute atomic E-state index is 0.313. The normalized spacial score (nSPS) is 15.9. The summed E-state index contributed by atoms with van der Waals surface area (Å²) in [5.41, 5.74) is 7.00. The Kier molecular flexibility index (Phi) is 5.64. The molecule has 30 heavy (non-hydrogen) atoms. The number of hydrogen-bond acceptors (Lipinski definition) is 5. The monoisotopic (exact) mass is 488 g/mol. The maximum atomic E-state index is 12.9. The van der Waals surface area contributed by atoms with E-state index in [0.717, 1.165) is 4.47 Å². The van der Waals surface area contributed by atoms with Crippen LogP contribution in [0.5, 0.6) is 0 Å². The zero-order valence-corrected chi connectivity index (χ0v) is 17.9. The van der Waals surface area contributed by atoms with Crippen LogP contribution in [0.1, 0.15) is 0 Å². The second kappa shape index (κ2) is 8.36. The maximum Gasteiger partial charge on any atom is 0.323 e. The number of primary amides is 1. The fourth-order valence-electron chi connectivity index (χ4n) is 3.23. The van der Waals surface area contributed by atoms with Crippen LogP contribution in [0.25, 0.3) is 10.9 Å². The third-order valence-electron chi connectivity index (χ3n) is 4.54. The van der Waals surface area contributed by atoms with Gasteiger partial charge in [-0.05, 0) is 28.1 Å². The Labute approximate surface area is 184 Å². The highest BCUT2D eigenvalue weighted by Crippen LogP contribution is 2.29. The van der Waals surface area contributed by atoms with Gasteiger partial charge < -0.3 is 21.3 Å². The fraction of sp³-hybridized carbons (Fsp3) is 0.158. The van der Waals surface area contributed by atoms with Crippen LogP contribution < -0.4 is 16.4 Å². The summed E-state index contributed by atoms with van der Waals surface area (Å²) in [6, 6.07) is 7.76. The molecule has 0 saturated carbocycles. The molecule has 0 aliphatic carbocycles. The summed E-state index contributed by atoms with van der Waals surface area (Å²) in [5.74, 6) is 0.317. The first-order chi connectivity index (χ1) is 14.4. The smallest absolute Gasteiger partial charge is 0.323 e. The summed E-state index contributed by atoms with van der Waals surface area (Å²) in [5, 5.41) is 5.58. The number of para-hydroxylation sites is 1. The summed E-state index contributed by atoms with van der Waals surface area (Å²) >= 11 is 4.69. The molecule has 1 atom stereocenters. The van der Waals surface area contributed by atoms with E-state index in [2.05, 4.69) is 31.5 Å². The first-order valence-corrected chi connectivity index (χ1v) is 10.8. The molecule has 1 aliphatic rings. The molecule has 4 amide bonds. The number of benzene rings is 1. The molecule has 9 nitrogen and oxygen atoms in total. The number of carbonyl (C=O) groups is 3. The Morgan fingerprint density at radius 1 is 1.20 bits per heavy atom. The summed E-state index contributed by atoms with van der Waals surface area (Å²) in [6.45, 7) is 0.416. The van der Waals surface area contributed by atoms with Crippen molar-refractivity contribution in [2.45, 2.75) is 5.37 Å². The van der Waals surface area contributed by atoms with Gasteiger partial charge in [-0.15, -0.1) is 11.8 Å². The SMILES string of the molecule is NC(=O)n1cc(NC(=O)N2CCS[C@H]2C(=O)Nc2cncc(Br)c2)c2ccccc21. The van der Waals surface area contributed by atoms with Crippen molar-refractivity contribution in [1.82, 2.24) is 14.5 Å². The van der Waals surface area contributed by atoms with Crippen molar-refractivity contribution in [2.24, 2.45) is 5.73 Å². The van der Waals surface area contributed by atoms with Gasteiger partial charge in [-0.3, -0.25) is 14.3 Å². The average molecular weight is 489 g/mol. The van der Waals surface area contributed by atoms with Crippen LogP contribution in [0, 0.1) is 0 Å². The highest BCUT2D eigenvalue weighted by molar-refractivity contribution is 9.10. The van der Waals surface area contributed by atoms with Crippen molar-refractivity contribution in [2.75, 3.05) is 22.9 Å². The molecular formula is C19H17BrN6O3S. The lowest BCUT2D eigenvalue weighted by molar-refractivity contribution is -0.117. The molecule has 154 valence electrons. The van der Waals surface area contributed by atoms with Gasteiger partial charge in [-0.25, -0.2) is 9.59 Å². The van der Waals surface area contributed by atoms with E-state index in [0.29, 0.717) is 34.6 Å². The molecule has 0 unspecified atom stereocenters. The van der Waals surface area contributed by atoms with Gasteiger partial charge in [0.25, 0.3) is 5.91 Å². The topological polar surface area (TPSA) is 122 Å². The second-order valence-corrected chi connectivity index (χ2v) is 8.60. The number of nitrogens with two attached hydrogens (primary N) is 1. The van der Waals surface area contributed by atoms with E-state index in [4.69, 9.17) is 5.73 Å². The molecule has 1 saturated heterocycles. The summed E-state index contributed by atoms with van der Waals surface area (Å²) in [4.78, 5) is 42.9.